The largest absolute Gasteiger partial charge is 0.380 e. The maximum Gasteiger partial charge on any atom is 0.0532 e. The lowest BCUT2D eigenvalue weighted by molar-refractivity contribution is 1.13. The van der Waals surface area contributed by atoms with Gasteiger partial charge >= 0.3 is 0 Å². The number of anilines is 1. The summed E-state index contributed by atoms with van der Waals surface area (Å²) in [5, 5.41) is 3.34. The Morgan fingerprint density at radius 2 is 1.94 bits per heavy atom. The molecule has 1 heterocycles. The van der Waals surface area contributed by atoms with E-state index in [4.69, 9.17) is 0 Å². The molecular formula is C13H13BrN2. The van der Waals surface area contributed by atoms with Gasteiger partial charge in [0.25, 0.3) is 0 Å². The lowest BCUT2D eigenvalue weighted by atomic mass is 10.2. The Morgan fingerprint density at radius 3 is 2.62 bits per heavy atom. The zero-order valence-corrected chi connectivity index (χ0v) is 10.7. The summed E-state index contributed by atoms with van der Waals surface area (Å²) < 4.78 is 1.11. The topological polar surface area (TPSA) is 24.9 Å². The Bertz CT molecular complexity index is 466. The van der Waals surface area contributed by atoms with Crippen molar-refractivity contribution < 1.29 is 0 Å². The van der Waals surface area contributed by atoms with E-state index in [-0.39, 0.29) is 0 Å². The number of aryl methyl sites for hydroxylation is 1. The smallest absolute Gasteiger partial charge is 0.0532 e. The van der Waals surface area contributed by atoms with Gasteiger partial charge in [0, 0.05) is 23.4 Å². The third-order valence-corrected chi connectivity index (χ3v) is 2.81. The van der Waals surface area contributed by atoms with Crippen molar-refractivity contribution in [1.29, 1.82) is 0 Å². The Balaban J connectivity index is 1.99. The Morgan fingerprint density at radius 1 is 1.19 bits per heavy atom. The normalized spacial score (nSPS) is 10.1. The van der Waals surface area contributed by atoms with Crippen LogP contribution in [-0.4, -0.2) is 4.98 Å². The third-order valence-electron chi connectivity index (χ3n) is 2.28. The lowest BCUT2D eigenvalue weighted by Crippen LogP contribution is -1.99. The monoisotopic (exact) mass is 276 g/mol. The fourth-order valence-electron chi connectivity index (χ4n) is 1.46. The van der Waals surface area contributed by atoms with Gasteiger partial charge in [0.2, 0.25) is 0 Å². The van der Waals surface area contributed by atoms with Crippen LogP contribution in [0.2, 0.25) is 0 Å². The highest BCUT2D eigenvalue weighted by Crippen LogP contribution is 2.13. The molecule has 82 valence electrons. The quantitative estimate of drug-likeness (QED) is 0.923. The van der Waals surface area contributed by atoms with Gasteiger partial charge in [-0.3, -0.25) is 4.98 Å². The van der Waals surface area contributed by atoms with Gasteiger partial charge in [0.05, 0.1) is 5.69 Å². The van der Waals surface area contributed by atoms with Crippen LogP contribution in [-0.2, 0) is 6.54 Å². The number of nitrogens with zero attached hydrogens (tertiary/aromatic N) is 1. The number of rotatable bonds is 3. The first-order chi connectivity index (χ1) is 7.74. The van der Waals surface area contributed by atoms with Crippen molar-refractivity contribution in [3.8, 4) is 0 Å². The maximum absolute atomic E-state index is 4.14. The number of halogens is 1. The minimum absolute atomic E-state index is 0.818. The average Bonchev–Trinajstić information content (AvgIpc) is 2.28. The maximum atomic E-state index is 4.14. The summed E-state index contributed by atoms with van der Waals surface area (Å²) in [6.07, 6.45) is 3.69. The van der Waals surface area contributed by atoms with E-state index < -0.39 is 0 Å². The highest BCUT2D eigenvalue weighted by molar-refractivity contribution is 9.10. The van der Waals surface area contributed by atoms with E-state index in [2.05, 4.69) is 44.4 Å². The van der Waals surface area contributed by atoms with Gasteiger partial charge in [-0.15, -0.1) is 0 Å². The zero-order chi connectivity index (χ0) is 11.4. The zero-order valence-electron chi connectivity index (χ0n) is 9.07. The predicted octanol–water partition coefficient (Wildman–Crippen LogP) is 3.76. The summed E-state index contributed by atoms with van der Waals surface area (Å²) in [7, 11) is 0. The van der Waals surface area contributed by atoms with Crippen LogP contribution in [0, 0.1) is 6.92 Å². The molecule has 0 unspecified atom stereocenters. The second-order valence-corrected chi connectivity index (χ2v) is 4.65. The summed E-state index contributed by atoms with van der Waals surface area (Å²) in [6.45, 7) is 2.86. The second kappa shape index (κ2) is 5.12. The summed E-state index contributed by atoms with van der Waals surface area (Å²) in [6, 6.07) is 10.4. The summed E-state index contributed by atoms with van der Waals surface area (Å²) in [5.74, 6) is 0. The van der Waals surface area contributed by atoms with Gasteiger partial charge in [0.1, 0.15) is 0 Å². The number of hydrogen-bond acceptors (Lipinski definition) is 2. The molecule has 0 aliphatic carbocycles. The van der Waals surface area contributed by atoms with Crippen molar-refractivity contribution >= 4 is 21.6 Å². The molecule has 0 saturated heterocycles. The lowest BCUT2D eigenvalue weighted by Gasteiger charge is -2.06. The molecular weight excluding hydrogens is 264 g/mol. The number of aromatic nitrogens is 1. The van der Waals surface area contributed by atoms with Crippen LogP contribution in [0.1, 0.15) is 11.1 Å². The Hall–Kier alpha value is -1.35. The molecule has 1 aromatic heterocycles. The van der Waals surface area contributed by atoms with Gasteiger partial charge in [-0.05, 0) is 36.2 Å². The Kier molecular flexibility index (Phi) is 3.57. The van der Waals surface area contributed by atoms with E-state index >= 15 is 0 Å². The molecule has 0 bridgehead atoms. The molecule has 0 saturated carbocycles. The van der Waals surface area contributed by atoms with E-state index in [0.717, 1.165) is 16.7 Å². The van der Waals surface area contributed by atoms with Crippen LogP contribution in [0.25, 0.3) is 0 Å². The molecule has 0 aliphatic rings. The summed E-state index contributed by atoms with van der Waals surface area (Å²) in [4.78, 5) is 4.14. The molecule has 1 N–H and O–H groups in total. The number of nitrogens with one attached hydrogen (secondary N) is 1. The Labute approximate surface area is 104 Å². The van der Waals surface area contributed by atoms with Crippen molar-refractivity contribution in [1.82, 2.24) is 4.98 Å². The van der Waals surface area contributed by atoms with Crippen molar-refractivity contribution in [3.63, 3.8) is 0 Å². The van der Waals surface area contributed by atoms with Crippen LogP contribution < -0.4 is 5.32 Å². The molecule has 0 fully saturated rings. The first-order valence-electron chi connectivity index (χ1n) is 5.14. The van der Waals surface area contributed by atoms with Gasteiger partial charge < -0.3 is 5.32 Å². The van der Waals surface area contributed by atoms with Crippen molar-refractivity contribution in [2.24, 2.45) is 0 Å². The van der Waals surface area contributed by atoms with Gasteiger partial charge in [-0.1, -0.05) is 28.1 Å². The molecule has 0 atom stereocenters. The van der Waals surface area contributed by atoms with Crippen LogP contribution >= 0.6 is 15.9 Å². The van der Waals surface area contributed by atoms with Crippen LogP contribution in [0.3, 0.4) is 0 Å². The van der Waals surface area contributed by atoms with E-state index in [1.165, 1.54) is 11.1 Å². The number of hydrogen-bond donors (Lipinski definition) is 1. The molecule has 0 amide bonds. The van der Waals surface area contributed by atoms with Gasteiger partial charge in [0.15, 0.2) is 0 Å². The number of benzene rings is 1. The second-order valence-electron chi connectivity index (χ2n) is 3.73. The molecule has 0 spiro atoms. The van der Waals surface area contributed by atoms with Crippen LogP contribution in [0.5, 0.6) is 0 Å². The number of pyridine rings is 1. The van der Waals surface area contributed by atoms with Gasteiger partial charge in [-0.25, -0.2) is 0 Å². The van der Waals surface area contributed by atoms with Crippen molar-refractivity contribution in [3.05, 3.63) is 58.3 Å². The molecule has 2 nitrogen and oxygen atoms in total. The SMILES string of the molecule is Cc1cncc(NCc2ccc(Br)cc2)c1. The van der Waals surface area contributed by atoms with E-state index in [0.29, 0.717) is 0 Å². The minimum Gasteiger partial charge on any atom is -0.380 e. The summed E-state index contributed by atoms with van der Waals surface area (Å²) >= 11 is 3.42. The molecule has 0 aliphatic heterocycles. The van der Waals surface area contributed by atoms with Crippen molar-refractivity contribution in [2.75, 3.05) is 5.32 Å². The molecule has 1 aromatic carbocycles. The van der Waals surface area contributed by atoms with Crippen LogP contribution in [0.4, 0.5) is 5.69 Å². The third kappa shape index (κ3) is 3.07. The fraction of sp³-hybridized carbons (Fsp3) is 0.154. The molecule has 2 rings (SSSR count). The first-order valence-corrected chi connectivity index (χ1v) is 5.93. The van der Waals surface area contributed by atoms with Crippen LogP contribution in [0.15, 0.2) is 47.2 Å². The highest BCUT2D eigenvalue weighted by atomic mass is 79.9. The fourth-order valence-corrected chi connectivity index (χ4v) is 1.72. The molecule has 2 aromatic rings. The highest BCUT2D eigenvalue weighted by Gasteiger charge is 1.95. The van der Waals surface area contributed by atoms with E-state index in [1.54, 1.807) is 0 Å². The first kappa shape index (κ1) is 11.1. The summed E-state index contributed by atoms with van der Waals surface area (Å²) in [5.41, 5.74) is 3.48. The molecule has 16 heavy (non-hydrogen) atoms. The van der Waals surface area contributed by atoms with E-state index in [9.17, 15) is 0 Å². The van der Waals surface area contributed by atoms with Gasteiger partial charge in [-0.2, -0.15) is 0 Å². The van der Waals surface area contributed by atoms with Crippen molar-refractivity contribution in [2.45, 2.75) is 13.5 Å². The molecule has 0 radical (unpaired) electrons. The average molecular weight is 277 g/mol. The predicted molar refractivity (Wildman–Crippen MR) is 70.4 cm³/mol. The molecule has 3 heteroatoms. The minimum atomic E-state index is 0.818. The van der Waals surface area contributed by atoms with E-state index in [1.807, 2.05) is 31.5 Å². The standard InChI is InChI=1S/C13H13BrN2/c1-10-6-13(9-15-7-10)16-8-11-2-4-12(14)5-3-11/h2-7,9,16H,8H2,1H3.